The van der Waals surface area contributed by atoms with Crippen LogP contribution in [0.5, 0.6) is 0 Å². The number of nitrogens with zero attached hydrogens (tertiary/aromatic N) is 6. The molecule has 220 valence electrons. The Morgan fingerprint density at radius 1 is 0.846 bits per heavy atom. The quantitative estimate of drug-likeness (QED) is 0.230. The Labute approximate surface area is 242 Å². The average molecular weight is 648 g/mol. The van der Waals surface area contributed by atoms with Crippen LogP contribution in [0.1, 0.15) is 91.8 Å². The molecule has 39 heavy (non-hydrogen) atoms. The maximum atomic E-state index is 5.74. The van der Waals surface area contributed by atoms with E-state index in [0.717, 1.165) is 67.5 Å². The van der Waals surface area contributed by atoms with Gasteiger partial charge in [0.2, 0.25) is 0 Å². The zero-order chi connectivity index (χ0) is 27.8. The molecule has 0 bridgehead atoms. The van der Waals surface area contributed by atoms with Crippen molar-refractivity contribution in [3.8, 4) is 0 Å². The van der Waals surface area contributed by atoms with Crippen LogP contribution in [0, 0.1) is 11.8 Å². The van der Waals surface area contributed by atoms with E-state index in [1.165, 1.54) is 81.6 Å². The van der Waals surface area contributed by atoms with Crippen LogP contribution in [0.25, 0.3) is 11.2 Å². The Balaban J connectivity index is 1.75. The van der Waals surface area contributed by atoms with Crippen LogP contribution in [0.4, 0.5) is 5.82 Å². The molecule has 2 aliphatic rings. The normalized spacial score (nSPS) is 18.1. The molecule has 0 saturated carbocycles. The van der Waals surface area contributed by atoms with Gasteiger partial charge in [-0.05, 0) is 0 Å². The number of fused-ring (bicyclic) bond motifs is 1. The Hall–Kier alpha value is -0.931. The van der Waals surface area contributed by atoms with Crippen molar-refractivity contribution >= 4 is 39.2 Å². The molecule has 2 aliphatic heterocycles. The standard InChI is InChI=1S/C19H29N6O.3C4H9.Sn/c1-14(2)15-4-6-24(7-5-15)12-16-22-17-18(23(16)3)20-13-21-19(17)25-8-10-26-11-9-25;3*1-3-4-2;/h14-15H,4-12H2,1-3H3;3*1,3-4H2,2H3;. The molecule has 0 aliphatic carbocycles. The maximum absolute atomic E-state index is 5.74. The van der Waals surface area contributed by atoms with E-state index in [-0.39, 0.29) is 0 Å². The van der Waals surface area contributed by atoms with Crippen molar-refractivity contribution in [2.75, 3.05) is 44.3 Å². The predicted molar refractivity (Wildman–Crippen MR) is 167 cm³/mol. The zero-order valence-corrected chi connectivity index (χ0v) is 28.8. The number of aryl methyl sites for hydroxylation is 1. The van der Waals surface area contributed by atoms with Crippen LogP contribution >= 0.6 is 0 Å². The van der Waals surface area contributed by atoms with Gasteiger partial charge in [0.25, 0.3) is 0 Å². The molecule has 0 amide bonds. The number of unbranched alkanes of at least 4 members (excludes halogenated alkanes) is 3. The van der Waals surface area contributed by atoms with Crippen LogP contribution in [-0.2, 0) is 18.3 Å². The molecule has 2 saturated heterocycles. The fraction of sp³-hybridized carbons (Fsp3) is 0.839. The van der Waals surface area contributed by atoms with Gasteiger partial charge in [-0.15, -0.1) is 0 Å². The summed E-state index contributed by atoms with van der Waals surface area (Å²) in [4.78, 5) is 21.4. The summed E-state index contributed by atoms with van der Waals surface area (Å²) < 4.78 is 13.5. The second-order valence-corrected chi connectivity index (χ2v) is 25.5. The molecule has 0 radical (unpaired) electrons. The van der Waals surface area contributed by atoms with E-state index >= 15 is 0 Å². The van der Waals surface area contributed by atoms with Gasteiger partial charge in [0.05, 0.1) is 0 Å². The second kappa shape index (κ2) is 14.8. The van der Waals surface area contributed by atoms with Crippen LogP contribution < -0.4 is 8.74 Å². The third-order valence-corrected chi connectivity index (χ3v) is 24.1. The van der Waals surface area contributed by atoms with Gasteiger partial charge in [-0.25, -0.2) is 0 Å². The van der Waals surface area contributed by atoms with E-state index in [9.17, 15) is 0 Å². The van der Waals surface area contributed by atoms with E-state index < -0.39 is 18.4 Å². The second-order valence-electron chi connectivity index (χ2n) is 12.7. The van der Waals surface area contributed by atoms with Gasteiger partial charge in [-0.2, -0.15) is 0 Å². The Morgan fingerprint density at radius 2 is 1.44 bits per heavy atom. The fourth-order valence-corrected chi connectivity index (χ4v) is 21.5. The Morgan fingerprint density at radius 3 is 1.97 bits per heavy atom. The number of anilines is 1. The van der Waals surface area contributed by atoms with Gasteiger partial charge >= 0.3 is 243 Å². The molecule has 7 nitrogen and oxygen atoms in total. The Bertz CT molecular complexity index is 1000. The monoisotopic (exact) mass is 648 g/mol. The van der Waals surface area contributed by atoms with Crippen molar-refractivity contribution in [3.63, 3.8) is 0 Å². The minimum absolute atomic E-state index is 0.765. The number of piperidine rings is 1. The topological polar surface area (TPSA) is 59.3 Å². The third kappa shape index (κ3) is 7.48. The number of hydrogen-bond acceptors (Lipinski definition) is 6. The van der Waals surface area contributed by atoms with E-state index in [1.54, 1.807) is 0 Å². The summed E-state index contributed by atoms with van der Waals surface area (Å²) in [6.07, 6.45) is 10.3. The number of rotatable bonds is 14. The minimum atomic E-state index is -2.82. The molecular formula is C31H56N6OSn. The molecule has 4 heterocycles. The summed E-state index contributed by atoms with van der Waals surface area (Å²) >= 11 is -2.82. The van der Waals surface area contributed by atoms with Crippen molar-refractivity contribution < 1.29 is 4.74 Å². The summed E-state index contributed by atoms with van der Waals surface area (Å²) in [5.41, 5.74) is 2.08. The SMILES string of the molecule is CCC[CH2][Sn]([CH2]CCC)([CH2]CCC)[c]1nc(N2CCOCC2)c2nc(CN3CCC(C(C)C)CC3)n(C)c2n1. The molecule has 8 heteroatoms. The van der Waals surface area contributed by atoms with Crippen molar-refractivity contribution in [3.05, 3.63) is 5.82 Å². The average Bonchev–Trinajstić information content (AvgIpc) is 3.27. The van der Waals surface area contributed by atoms with Crippen LogP contribution in [0.2, 0.25) is 13.3 Å². The first kappa shape index (κ1) is 31.0. The summed E-state index contributed by atoms with van der Waals surface area (Å²) in [6, 6.07) is 0. The number of morpholine rings is 1. The molecule has 4 rings (SSSR count). The summed E-state index contributed by atoms with van der Waals surface area (Å²) in [7, 11) is 2.20. The van der Waals surface area contributed by atoms with Crippen molar-refractivity contribution in [2.45, 2.75) is 106 Å². The predicted octanol–water partition coefficient (Wildman–Crippen LogP) is 6.12. The van der Waals surface area contributed by atoms with Crippen molar-refractivity contribution in [1.82, 2.24) is 24.4 Å². The zero-order valence-electron chi connectivity index (χ0n) is 26.0. The van der Waals surface area contributed by atoms with Gasteiger partial charge < -0.3 is 0 Å². The molecule has 0 spiro atoms. The van der Waals surface area contributed by atoms with Crippen LogP contribution in [0.15, 0.2) is 0 Å². The van der Waals surface area contributed by atoms with Gasteiger partial charge in [0.1, 0.15) is 0 Å². The fourth-order valence-electron chi connectivity index (χ4n) is 6.70. The van der Waals surface area contributed by atoms with E-state index in [4.69, 9.17) is 19.7 Å². The number of likely N-dealkylation sites (tertiary alicyclic amines) is 1. The third-order valence-electron chi connectivity index (χ3n) is 9.54. The van der Waals surface area contributed by atoms with Gasteiger partial charge in [0.15, 0.2) is 0 Å². The van der Waals surface area contributed by atoms with Gasteiger partial charge in [0, 0.05) is 0 Å². The first-order chi connectivity index (χ1) is 18.9. The first-order valence-electron chi connectivity index (χ1n) is 16.2. The number of imidazole rings is 1. The van der Waals surface area contributed by atoms with Crippen molar-refractivity contribution in [2.24, 2.45) is 18.9 Å². The summed E-state index contributed by atoms with van der Waals surface area (Å²) in [5, 5.41) is 0. The number of aromatic nitrogens is 4. The molecular weight excluding hydrogens is 591 g/mol. The number of hydrogen-bond donors (Lipinski definition) is 0. The van der Waals surface area contributed by atoms with Gasteiger partial charge in [-0.1, -0.05) is 0 Å². The summed E-state index contributed by atoms with van der Waals surface area (Å²) in [5.74, 6) is 3.88. The molecule has 2 aromatic heterocycles. The van der Waals surface area contributed by atoms with E-state index in [2.05, 4.69) is 56.0 Å². The molecule has 0 unspecified atom stereocenters. The molecule has 0 atom stereocenters. The Kier molecular flexibility index (Phi) is 11.8. The molecule has 2 aromatic rings. The van der Waals surface area contributed by atoms with Crippen molar-refractivity contribution in [1.29, 1.82) is 0 Å². The summed E-state index contributed by atoms with van der Waals surface area (Å²) in [6.45, 7) is 18.3. The van der Waals surface area contributed by atoms with Crippen LogP contribution in [-0.4, -0.2) is 82.2 Å². The molecule has 0 aromatic carbocycles. The van der Waals surface area contributed by atoms with Gasteiger partial charge in [-0.3, -0.25) is 0 Å². The first-order valence-corrected chi connectivity index (χ1v) is 23.7. The van der Waals surface area contributed by atoms with E-state index in [1.807, 2.05) is 0 Å². The molecule has 0 N–H and O–H groups in total. The van der Waals surface area contributed by atoms with Crippen LogP contribution in [0.3, 0.4) is 0 Å². The van der Waals surface area contributed by atoms with E-state index in [0.29, 0.717) is 0 Å². The number of ether oxygens (including phenoxy) is 1. The molecule has 2 fully saturated rings.